The molecule has 7 nitrogen and oxygen atoms in total. The molecule has 2 rings (SSSR count). The number of nitrogens with one attached hydrogen (secondary N) is 1. The van der Waals surface area contributed by atoms with E-state index < -0.39 is 5.60 Å². The van der Waals surface area contributed by atoms with E-state index in [-0.39, 0.29) is 5.91 Å². The van der Waals surface area contributed by atoms with Crippen LogP contribution in [-0.2, 0) is 10.4 Å². The first kappa shape index (κ1) is 14.9. The zero-order valence-corrected chi connectivity index (χ0v) is 12.2. The Hall–Kier alpha value is -1.47. The average molecular weight is 281 g/mol. The molecule has 1 aromatic rings. The van der Waals surface area contributed by atoms with E-state index in [1.165, 1.54) is 0 Å². The van der Waals surface area contributed by atoms with Gasteiger partial charge in [0.2, 0.25) is 5.91 Å². The van der Waals surface area contributed by atoms with Gasteiger partial charge in [0.1, 0.15) is 11.3 Å². The topological polar surface area (TPSA) is 85.4 Å². The molecule has 1 aliphatic rings. The molecule has 1 fully saturated rings. The van der Waals surface area contributed by atoms with E-state index in [1.807, 2.05) is 14.0 Å². The molecule has 1 saturated heterocycles. The van der Waals surface area contributed by atoms with Crippen LogP contribution >= 0.6 is 0 Å². The summed E-state index contributed by atoms with van der Waals surface area (Å²) in [6.45, 7) is 4.76. The second-order valence-corrected chi connectivity index (χ2v) is 5.42. The zero-order chi connectivity index (χ0) is 14.6. The average Bonchev–Trinajstić information content (AvgIpc) is 2.99. The highest BCUT2D eigenvalue weighted by molar-refractivity contribution is 5.75. The van der Waals surface area contributed by atoms with E-state index in [0.29, 0.717) is 31.6 Å². The molecular formula is C13H23N5O2. The van der Waals surface area contributed by atoms with Crippen LogP contribution in [0.25, 0.3) is 0 Å². The van der Waals surface area contributed by atoms with Gasteiger partial charge in [0, 0.05) is 33.1 Å². The van der Waals surface area contributed by atoms with Crippen molar-refractivity contribution in [3.05, 3.63) is 11.9 Å². The number of aromatic nitrogens is 3. The van der Waals surface area contributed by atoms with Crippen LogP contribution in [0.1, 0.15) is 31.9 Å². The minimum atomic E-state index is -0.953. The number of amides is 1. The highest BCUT2D eigenvalue weighted by atomic mass is 16.3. The fourth-order valence-corrected chi connectivity index (χ4v) is 2.57. The molecule has 0 aliphatic carbocycles. The number of aromatic amines is 1. The number of nitrogens with zero attached hydrogens (tertiary/aromatic N) is 4. The first-order valence-corrected chi connectivity index (χ1v) is 7.10. The number of aliphatic hydroxyl groups is 1. The first-order valence-electron chi connectivity index (χ1n) is 7.10. The number of β-amino-alcohol motifs (C(OH)–C–C–N with tert-alkyl or cyclic N) is 1. The smallest absolute Gasteiger partial charge is 0.223 e. The van der Waals surface area contributed by atoms with Crippen LogP contribution in [-0.4, -0.2) is 69.5 Å². The number of rotatable bonds is 5. The molecule has 0 radical (unpaired) electrons. The van der Waals surface area contributed by atoms with Crippen molar-refractivity contribution in [1.82, 2.24) is 25.2 Å². The fraction of sp³-hybridized carbons (Fsp3) is 0.769. The molecule has 0 aromatic carbocycles. The monoisotopic (exact) mass is 281 g/mol. The summed E-state index contributed by atoms with van der Waals surface area (Å²) in [6.07, 6.45) is 3.62. The van der Waals surface area contributed by atoms with E-state index in [4.69, 9.17) is 0 Å². The van der Waals surface area contributed by atoms with Crippen LogP contribution in [0.2, 0.25) is 0 Å². The van der Waals surface area contributed by atoms with Crippen molar-refractivity contribution < 1.29 is 9.90 Å². The third-order valence-corrected chi connectivity index (χ3v) is 3.98. The Morgan fingerprint density at radius 1 is 1.65 bits per heavy atom. The zero-order valence-electron chi connectivity index (χ0n) is 12.2. The second-order valence-electron chi connectivity index (χ2n) is 5.42. The van der Waals surface area contributed by atoms with Gasteiger partial charge in [-0.1, -0.05) is 0 Å². The largest absolute Gasteiger partial charge is 0.382 e. The first-order chi connectivity index (χ1) is 9.55. The summed E-state index contributed by atoms with van der Waals surface area (Å²) in [6, 6.07) is 0. The Morgan fingerprint density at radius 2 is 2.45 bits per heavy atom. The van der Waals surface area contributed by atoms with E-state index >= 15 is 0 Å². The van der Waals surface area contributed by atoms with Crippen LogP contribution in [0.4, 0.5) is 0 Å². The molecule has 2 N–H and O–H groups in total. The summed E-state index contributed by atoms with van der Waals surface area (Å²) in [5.41, 5.74) is -0.371. The highest BCUT2D eigenvalue weighted by Gasteiger charge is 2.37. The normalized spacial score (nSPS) is 23.8. The van der Waals surface area contributed by atoms with Gasteiger partial charge in [-0.3, -0.25) is 9.69 Å². The number of carbonyl (C=O) groups is 1. The van der Waals surface area contributed by atoms with Gasteiger partial charge in [0.15, 0.2) is 0 Å². The predicted octanol–water partition coefficient (Wildman–Crippen LogP) is -0.0435. The highest BCUT2D eigenvalue weighted by Crippen LogP contribution is 2.29. The maximum atomic E-state index is 11.8. The third kappa shape index (κ3) is 3.34. The summed E-state index contributed by atoms with van der Waals surface area (Å²) >= 11 is 0. The Balaban J connectivity index is 1.89. The third-order valence-electron chi connectivity index (χ3n) is 3.98. The lowest BCUT2D eigenvalue weighted by atomic mass is 9.90. The lowest BCUT2D eigenvalue weighted by Gasteiger charge is -2.38. The van der Waals surface area contributed by atoms with Gasteiger partial charge in [-0.15, -0.1) is 0 Å². The van der Waals surface area contributed by atoms with Gasteiger partial charge in [0.05, 0.1) is 6.20 Å². The molecule has 112 valence electrons. The number of hydrogen-bond donors (Lipinski definition) is 2. The predicted molar refractivity (Wildman–Crippen MR) is 73.9 cm³/mol. The van der Waals surface area contributed by atoms with Crippen molar-refractivity contribution in [2.45, 2.75) is 31.8 Å². The van der Waals surface area contributed by atoms with E-state index in [0.717, 1.165) is 19.5 Å². The minimum Gasteiger partial charge on any atom is -0.382 e. The molecule has 1 aliphatic heterocycles. The van der Waals surface area contributed by atoms with E-state index in [2.05, 4.69) is 20.3 Å². The van der Waals surface area contributed by atoms with Gasteiger partial charge in [-0.05, 0) is 26.3 Å². The maximum Gasteiger partial charge on any atom is 0.223 e. The van der Waals surface area contributed by atoms with Crippen molar-refractivity contribution in [1.29, 1.82) is 0 Å². The molecule has 1 atom stereocenters. The van der Waals surface area contributed by atoms with Gasteiger partial charge in [-0.25, -0.2) is 0 Å². The van der Waals surface area contributed by atoms with Gasteiger partial charge >= 0.3 is 0 Å². The molecular weight excluding hydrogens is 258 g/mol. The Labute approximate surface area is 119 Å². The maximum absolute atomic E-state index is 11.8. The molecule has 0 saturated carbocycles. The van der Waals surface area contributed by atoms with Crippen LogP contribution in [0, 0.1) is 0 Å². The number of piperidine rings is 1. The number of H-pyrrole nitrogens is 1. The quantitative estimate of drug-likeness (QED) is 0.791. The van der Waals surface area contributed by atoms with Crippen molar-refractivity contribution >= 4 is 5.91 Å². The molecule has 20 heavy (non-hydrogen) atoms. The van der Waals surface area contributed by atoms with Crippen LogP contribution in [0.15, 0.2) is 6.20 Å². The summed E-state index contributed by atoms with van der Waals surface area (Å²) < 4.78 is 0. The number of carbonyl (C=O) groups excluding carboxylic acids is 1. The molecule has 0 unspecified atom stereocenters. The standard InChI is InChI=1S/C13H23N5O2/c1-3-17(2)12(19)5-8-18-7-4-6-13(20,10-18)11-9-14-16-15-11/h9,20H,3-8,10H2,1-2H3,(H,14,15,16)/t13-/m1/s1. The minimum absolute atomic E-state index is 0.142. The van der Waals surface area contributed by atoms with Crippen molar-refractivity contribution in [3.8, 4) is 0 Å². The van der Waals surface area contributed by atoms with Gasteiger partial charge in [-0.2, -0.15) is 15.4 Å². The SMILES string of the molecule is CCN(C)C(=O)CCN1CCC[C@](O)(c2cn[nH]n2)C1. The van der Waals surface area contributed by atoms with Crippen molar-refractivity contribution in [2.75, 3.05) is 33.2 Å². The molecule has 7 heteroatoms. The molecule has 1 amide bonds. The Bertz CT molecular complexity index is 436. The lowest BCUT2D eigenvalue weighted by Crippen LogP contribution is -2.47. The van der Waals surface area contributed by atoms with Gasteiger partial charge < -0.3 is 10.0 Å². The summed E-state index contributed by atoms with van der Waals surface area (Å²) in [5, 5.41) is 21.0. The lowest BCUT2D eigenvalue weighted by molar-refractivity contribution is -0.130. The summed E-state index contributed by atoms with van der Waals surface area (Å²) in [7, 11) is 1.81. The van der Waals surface area contributed by atoms with Crippen molar-refractivity contribution in [3.63, 3.8) is 0 Å². The van der Waals surface area contributed by atoms with Crippen LogP contribution in [0.3, 0.4) is 0 Å². The summed E-state index contributed by atoms with van der Waals surface area (Å²) in [5.74, 6) is 0.142. The molecule has 0 bridgehead atoms. The Kier molecular flexibility index (Phi) is 4.72. The molecule has 0 spiro atoms. The number of likely N-dealkylation sites (tertiary alicyclic amines) is 1. The Morgan fingerprint density at radius 3 is 3.10 bits per heavy atom. The van der Waals surface area contributed by atoms with Crippen LogP contribution < -0.4 is 0 Å². The van der Waals surface area contributed by atoms with Gasteiger partial charge in [0.25, 0.3) is 0 Å². The summed E-state index contributed by atoms with van der Waals surface area (Å²) in [4.78, 5) is 15.7. The fourth-order valence-electron chi connectivity index (χ4n) is 2.57. The van der Waals surface area contributed by atoms with E-state index in [1.54, 1.807) is 11.1 Å². The molecule has 2 heterocycles. The van der Waals surface area contributed by atoms with Crippen LogP contribution in [0.5, 0.6) is 0 Å². The molecule has 1 aromatic heterocycles. The van der Waals surface area contributed by atoms with Crippen molar-refractivity contribution in [2.24, 2.45) is 0 Å². The second kappa shape index (κ2) is 6.32. The number of hydrogen-bond acceptors (Lipinski definition) is 5. The van der Waals surface area contributed by atoms with E-state index in [9.17, 15) is 9.90 Å².